The number of hydrogen-bond acceptors (Lipinski definition) is 4. The SMILES string of the molecule is c1ccc2c(c1)ccc1c2nc2c3sc4c5ccccc5ccc4c3cc(-c3ccc(-c4ccc5c(c4)Oc4ccnc6cccc-5c46)cc3)n12. The Bertz CT molecular complexity index is 3280. The van der Waals surface area contributed by atoms with E-state index in [4.69, 9.17) is 9.72 Å². The molecular formula is C46H25N3OS. The van der Waals surface area contributed by atoms with Crippen LogP contribution in [0.5, 0.6) is 11.5 Å². The second kappa shape index (κ2) is 10.0. The summed E-state index contributed by atoms with van der Waals surface area (Å²) in [4.78, 5) is 9.98. The molecule has 0 N–H and O–H groups in total. The maximum atomic E-state index is 6.46. The molecular weight excluding hydrogens is 643 g/mol. The van der Waals surface area contributed by atoms with E-state index in [0.717, 1.165) is 72.6 Å². The van der Waals surface area contributed by atoms with Crippen LogP contribution in [0.15, 0.2) is 152 Å². The average molecular weight is 668 g/mol. The van der Waals surface area contributed by atoms with Gasteiger partial charge in [0.05, 0.1) is 32.3 Å². The molecule has 4 aromatic heterocycles. The van der Waals surface area contributed by atoms with E-state index in [1.165, 1.54) is 41.7 Å². The highest BCUT2D eigenvalue weighted by atomic mass is 32.1. The molecule has 236 valence electrons. The van der Waals surface area contributed by atoms with E-state index in [1.807, 2.05) is 29.7 Å². The van der Waals surface area contributed by atoms with Gasteiger partial charge in [0.25, 0.3) is 0 Å². The fraction of sp³-hybridized carbons (Fsp3) is 0. The van der Waals surface area contributed by atoms with Crippen LogP contribution >= 0.6 is 11.3 Å². The number of imidazole rings is 1. The standard InChI is InChI=1S/C46H25N3OS/c1-3-8-31-27(6-1)18-21-38-43(31)48-46-45-36(35-20-16-28-7-2-4-9-32(28)44(35)51-45)25-39(49(38)46)29-14-12-26(13-15-29)30-17-19-33-34-10-5-11-37-42(34)40(22-23-47-37)50-41(33)24-30/h1-25H. The first kappa shape index (κ1) is 27.3. The fourth-order valence-electron chi connectivity index (χ4n) is 8.22. The number of ether oxygens (including phenoxy) is 1. The summed E-state index contributed by atoms with van der Waals surface area (Å²) in [6.45, 7) is 0. The molecule has 0 amide bonds. The van der Waals surface area contributed by atoms with Gasteiger partial charge in [-0.3, -0.25) is 9.38 Å². The normalized spacial score (nSPS) is 12.5. The lowest BCUT2D eigenvalue weighted by Gasteiger charge is -2.21. The first-order valence-corrected chi connectivity index (χ1v) is 18.0. The van der Waals surface area contributed by atoms with Gasteiger partial charge in [-0.25, -0.2) is 4.98 Å². The molecule has 0 unspecified atom stereocenters. The van der Waals surface area contributed by atoms with Gasteiger partial charge in [-0.2, -0.15) is 0 Å². The van der Waals surface area contributed by atoms with Gasteiger partial charge in [0.2, 0.25) is 0 Å². The Kier molecular flexibility index (Phi) is 5.35. The molecule has 5 heteroatoms. The molecule has 5 heterocycles. The van der Waals surface area contributed by atoms with Crippen molar-refractivity contribution in [1.82, 2.24) is 14.4 Å². The maximum absolute atomic E-state index is 6.46. The van der Waals surface area contributed by atoms with Crippen molar-refractivity contribution in [2.75, 3.05) is 0 Å². The molecule has 0 bridgehead atoms. The molecule has 0 aliphatic carbocycles. The molecule has 1 aliphatic rings. The number of pyridine rings is 2. The summed E-state index contributed by atoms with van der Waals surface area (Å²) < 4.78 is 11.3. The molecule has 51 heavy (non-hydrogen) atoms. The summed E-state index contributed by atoms with van der Waals surface area (Å²) in [5, 5.41) is 8.49. The summed E-state index contributed by atoms with van der Waals surface area (Å²) in [6.07, 6.45) is 1.82. The predicted octanol–water partition coefficient (Wildman–Crippen LogP) is 12.8. The molecule has 1 aliphatic heterocycles. The van der Waals surface area contributed by atoms with Crippen molar-refractivity contribution in [2.45, 2.75) is 0 Å². The van der Waals surface area contributed by atoms with Gasteiger partial charge in [-0.15, -0.1) is 11.3 Å². The Morgan fingerprint density at radius 1 is 0.529 bits per heavy atom. The molecule has 0 spiro atoms. The van der Waals surface area contributed by atoms with E-state index in [-0.39, 0.29) is 0 Å². The molecule has 0 fully saturated rings. The Morgan fingerprint density at radius 3 is 2.22 bits per heavy atom. The average Bonchev–Trinajstić information content (AvgIpc) is 3.77. The van der Waals surface area contributed by atoms with Crippen LogP contribution in [0.2, 0.25) is 0 Å². The van der Waals surface area contributed by atoms with Crippen molar-refractivity contribution in [3.63, 3.8) is 0 Å². The minimum absolute atomic E-state index is 0.851. The summed E-state index contributed by atoms with van der Waals surface area (Å²) in [7, 11) is 0. The van der Waals surface area contributed by atoms with Gasteiger partial charge in [0, 0.05) is 32.6 Å². The molecule has 7 aromatic carbocycles. The number of benzene rings is 7. The van der Waals surface area contributed by atoms with Crippen molar-refractivity contribution in [2.24, 2.45) is 0 Å². The third kappa shape index (κ3) is 3.78. The van der Waals surface area contributed by atoms with Crippen LogP contribution in [0.4, 0.5) is 0 Å². The smallest absolute Gasteiger partial charge is 0.156 e. The lowest BCUT2D eigenvalue weighted by Crippen LogP contribution is -1.98. The quantitative estimate of drug-likeness (QED) is 0.184. The summed E-state index contributed by atoms with van der Waals surface area (Å²) in [5.41, 5.74) is 10.9. The third-order valence-electron chi connectivity index (χ3n) is 10.6. The summed E-state index contributed by atoms with van der Waals surface area (Å²) >= 11 is 1.85. The summed E-state index contributed by atoms with van der Waals surface area (Å²) in [5.74, 6) is 1.72. The van der Waals surface area contributed by atoms with Crippen molar-refractivity contribution < 1.29 is 4.74 Å². The topological polar surface area (TPSA) is 39.4 Å². The van der Waals surface area contributed by atoms with Crippen LogP contribution in [0.1, 0.15) is 0 Å². The zero-order chi connectivity index (χ0) is 33.2. The van der Waals surface area contributed by atoms with Gasteiger partial charge in [-0.05, 0) is 74.8 Å². The highest BCUT2D eigenvalue weighted by Gasteiger charge is 2.22. The Balaban J connectivity index is 1.06. The fourth-order valence-corrected chi connectivity index (χ4v) is 9.52. The van der Waals surface area contributed by atoms with Gasteiger partial charge in [-0.1, -0.05) is 109 Å². The van der Waals surface area contributed by atoms with Gasteiger partial charge in [0.1, 0.15) is 11.5 Å². The van der Waals surface area contributed by atoms with Crippen LogP contribution in [0.25, 0.3) is 103 Å². The van der Waals surface area contributed by atoms with Crippen LogP contribution in [-0.4, -0.2) is 14.4 Å². The second-order valence-electron chi connectivity index (χ2n) is 13.4. The number of fused-ring (bicyclic) bond motifs is 13. The first-order valence-electron chi connectivity index (χ1n) is 17.1. The Hall–Kier alpha value is -6.56. The number of thiophene rings is 1. The molecule has 0 saturated carbocycles. The summed E-state index contributed by atoms with van der Waals surface area (Å²) in [6, 6.07) is 52.3. The highest BCUT2D eigenvalue weighted by Crippen LogP contribution is 2.48. The van der Waals surface area contributed by atoms with Crippen molar-refractivity contribution in [3.8, 4) is 45.0 Å². The van der Waals surface area contributed by atoms with E-state index >= 15 is 0 Å². The molecule has 11 aromatic rings. The molecule has 12 rings (SSSR count). The first-order chi connectivity index (χ1) is 25.3. The highest BCUT2D eigenvalue weighted by molar-refractivity contribution is 7.27. The van der Waals surface area contributed by atoms with Crippen LogP contribution in [-0.2, 0) is 0 Å². The number of rotatable bonds is 2. The molecule has 0 saturated heterocycles. The Labute approximate surface area is 295 Å². The zero-order valence-corrected chi connectivity index (χ0v) is 27.9. The number of hydrogen-bond donors (Lipinski definition) is 0. The van der Waals surface area contributed by atoms with Crippen molar-refractivity contribution >= 4 is 80.6 Å². The molecule has 0 atom stereocenters. The van der Waals surface area contributed by atoms with E-state index in [0.29, 0.717) is 0 Å². The molecule has 4 nitrogen and oxygen atoms in total. The van der Waals surface area contributed by atoms with Gasteiger partial charge in [0.15, 0.2) is 5.65 Å². The lowest BCUT2D eigenvalue weighted by molar-refractivity contribution is 0.487. The van der Waals surface area contributed by atoms with Gasteiger partial charge >= 0.3 is 0 Å². The minimum Gasteiger partial charge on any atom is -0.456 e. The minimum atomic E-state index is 0.851. The van der Waals surface area contributed by atoms with Crippen LogP contribution in [0, 0.1) is 0 Å². The molecule has 0 radical (unpaired) electrons. The number of nitrogens with zero attached hydrogens (tertiary/aromatic N) is 3. The van der Waals surface area contributed by atoms with E-state index in [9.17, 15) is 0 Å². The van der Waals surface area contributed by atoms with E-state index < -0.39 is 0 Å². The predicted molar refractivity (Wildman–Crippen MR) is 212 cm³/mol. The van der Waals surface area contributed by atoms with E-state index in [1.54, 1.807) is 0 Å². The van der Waals surface area contributed by atoms with E-state index in [2.05, 4.69) is 143 Å². The monoisotopic (exact) mass is 667 g/mol. The third-order valence-corrected chi connectivity index (χ3v) is 11.9. The van der Waals surface area contributed by atoms with Gasteiger partial charge < -0.3 is 4.74 Å². The van der Waals surface area contributed by atoms with Crippen molar-refractivity contribution in [1.29, 1.82) is 0 Å². The number of aromatic nitrogens is 3. The largest absolute Gasteiger partial charge is 0.456 e. The Morgan fingerprint density at radius 2 is 1.31 bits per heavy atom. The zero-order valence-electron chi connectivity index (χ0n) is 27.1. The van der Waals surface area contributed by atoms with Crippen LogP contribution in [0.3, 0.4) is 0 Å². The maximum Gasteiger partial charge on any atom is 0.156 e. The lowest BCUT2D eigenvalue weighted by atomic mass is 9.94. The van der Waals surface area contributed by atoms with Crippen molar-refractivity contribution in [3.05, 3.63) is 152 Å². The second-order valence-corrected chi connectivity index (χ2v) is 14.4. The van der Waals surface area contributed by atoms with Crippen LogP contribution < -0.4 is 4.74 Å².